The zero-order chi connectivity index (χ0) is 22.5. The molecule has 6 nitrogen and oxygen atoms in total. The summed E-state index contributed by atoms with van der Waals surface area (Å²) in [5.41, 5.74) is 12.4. The highest BCUT2D eigenvalue weighted by molar-refractivity contribution is 6.30. The molecule has 0 aliphatic heterocycles. The van der Waals surface area contributed by atoms with Crippen molar-refractivity contribution in [3.63, 3.8) is 0 Å². The zero-order valence-corrected chi connectivity index (χ0v) is 17.3. The van der Waals surface area contributed by atoms with E-state index in [1.165, 1.54) is 12.1 Å². The molecular formula is C21H23ClF3N5O. The van der Waals surface area contributed by atoms with E-state index >= 15 is 0 Å². The Hall–Kier alpha value is -2.62. The normalized spacial score (nSPS) is 16.4. The van der Waals surface area contributed by atoms with Crippen LogP contribution in [0.25, 0.3) is 0 Å². The van der Waals surface area contributed by atoms with Crippen LogP contribution < -0.4 is 22.1 Å². The van der Waals surface area contributed by atoms with Gasteiger partial charge in [-0.1, -0.05) is 11.6 Å². The summed E-state index contributed by atoms with van der Waals surface area (Å²) >= 11 is 5.66. The molecule has 1 aliphatic carbocycles. The first kappa shape index (κ1) is 23.1. The van der Waals surface area contributed by atoms with Crippen LogP contribution in [0.15, 0.2) is 41.4 Å². The highest BCUT2D eigenvalue weighted by atomic mass is 35.5. The van der Waals surface area contributed by atoms with Crippen molar-refractivity contribution in [2.75, 3.05) is 0 Å². The van der Waals surface area contributed by atoms with Gasteiger partial charge in [0.05, 0.1) is 17.2 Å². The van der Waals surface area contributed by atoms with E-state index in [1.54, 1.807) is 0 Å². The monoisotopic (exact) mass is 453 g/mol. The van der Waals surface area contributed by atoms with Gasteiger partial charge in [-0.3, -0.25) is 10.1 Å². The Morgan fingerprint density at radius 3 is 2.39 bits per heavy atom. The maximum atomic E-state index is 13.7. The Bertz CT molecular complexity index is 963. The molecule has 1 fully saturated rings. The molecule has 0 saturated heterocycles. The number of nitrogens with one attached hydrogen (secondary N) is 2. The summed E-state index contributed by atoms with van der Waals surface area (Å²) in [5, 5.41) is 5.38. The largest absolute Gasteiger partial charge is 0.341 e. The Morgan fingerprint density at radius 2 is 1.81 bits per heavy atom. The average Bonchev–Trinajstić information content (AvgIpc) is 2.65. The predicted molar refractivity (Wildman–Crippen MR) is 113 cm³/mol. The predicted octanol–water partition coefficient (Wildman–Crippen LogP) is 3.36. The molecule has 0 spiro atoms. The van der Waals surface area contributed by atoms with Crippen LogP contribution in [0.5, 0.6) is 0 Å². The molecule has 3 rings (SSSR count). The number of carbonyl (C=O) groups is 1. The fourth-order valence-corrected chi connectivity index (χ4v) is 3.17. The van der Waals surface area contributed by atoms with Crippen molar-refractivity contribution in [3.8, 4) is 0 Å². The molecule has 6 N–H and O–H groups in total. The molecule has 1 saturated carbocycles. The van der Waals surface area contributed by atoms with Gasteiger partial charge >= 0.3 is 0 Å². The third-order valence-corrected chi connectivity index (χ3v) is 5.25. The van der Waals surface area contributed by atoms with Gasteiger partial charge in [-0.15, -0.1) is 0 Å². The van der Waals surface area contributed by atoms with Gasteiger partial charge in [0.25, 0.3) is 5.91 Å². The van der Waals surface area contributed by atoms with E-state index in [9.17, 15) is 18.0 Å². The molecule has 2 unspecified atom stereocenters. The van der Waals surface area contributed by atoms with E-state index in [2.05, 4.69) is 15.6 Å². The molecule has 1 amide bonds. The van der Waals surface area contributed by atoms with Gasteiger partial charge in [-0.2, -0.15) is 0 Å². The number of hydrogen-bond acceptors (Lipinski definition) is 4. The lowest BCUT2D eigenvalue weighted by Crippen LogP contribution is -2.51. The van der Waals surface area contributed by atoms with Crippen molar-refractivity contribution in [3.05, 3.63) is 70.0 Å². The van der Waals surface area contributed by atoms with E-state index in [0.717, 1.165) is 43.5 Å². The smallest absolute Gasteiger partial charge is 0.258 e. The highest BCUT2D eigenvalue weighted by Gasteiger charge is 2.21. The quantitative estimate of drug-likeness (QED) is 0.306. The minimum absolute atomic E-state index is 0.0305. The second-order valence-corrected chi connectivity index (χ2v) is 7.85. The first-order valence-corrected chi connectivity index (χ1v) is 10.2. The van der Waals surface area contributed by atoms with Gasteiger partial charge in [0.1, 0.15) is 17.5 Å². The Kier molecular flexibility index (Phi) is 7.53. The van der Waals surface area contributed by atoms with Crippen LogP contribution in [0.4, 0.5) is 13.2 Å². The van der Waals surface area contributed by atoms with E-state index in [4.69, 9.17) is 23.1 Å². The first-order chi connectivity index (χ1) is 14.7. The van der Waals surface area contributed by atoms with Gasteiger partial charge in [-0.25, -0.2) is 18.2 Å². The van der Waals surface area contributed by atoms with E-state index < -0.39 is 35.6 Å². The zero-order valence-electron chi connectivity index (χ0n) is 16.5. The number of nitrogens with zero attached hydrogens (tertiary/aromatic N) is 1. The van der Waals surface area contributed by atoms with E-state index in [-0.39, 0.29) is 34.6 Å². The summed E-state index contributed by atoms with van der Waals surface area (Å²) < 4.78 is 40.6. The molecule has 0 heterocycles. The SMILES string of the molecule is NC(CC(N)c1cc(F)cc(F)c1)NC(=NC1CCC1)NC(=O)c1ccc(Cl)c(F)c1. The summed E-state index contributed by atoms with van der Waals surface area (Å²) in [7, 11) is 0. The van der Waals surface area contributed by atoms with E-state index in [0.29, 0.717) is 0 Å². The number of benzene rings is 2. The van der Waals surface area contributed by atoms with Crippen LogP contribution in [-0.4, -0.2) is 24.1 Å². The summed E-state index contributed by atoms with van der Waals surface area (Å²) in [6.45, 7) is 0. The lowest BCUT2D eigenvalue weighted by atomic mass is 9.94. The third-order valence-electron chi connectivity index (χ3n) is 4.94. The van der Waals surface area contributed by atoms with Crippen LogP contribution in [0.1, 0.15) is 47.6 Å². The minimum atomic E-state index is -0.776. The number of halogens is 4. The van der Waals surface area contributed by atoms with Crippen LogP contribution in [0, 0.1) is 17.5 Å². The van der Waals surface area contributed by atoms with E-state index in [1.807, 2.05) is 0 Å². The van der Waals surface area contributed by atoms with Crippen molar-refractivity contribution in [2.45, 2.75) is 43.9 Å². The molecule has 0 bridgehead atoms. The van der Waals surface area contributed by atoms with Crippen molar-refractivity contribution < 1.29 is 18.0 Å². The minimum Gasteiger partial charge on any atom is -0.341 e. The number of amides is 1. The van der Waals surface area contributed by atoms with Crippen molar-refractivity contribution in [2.24, 2.45) is 16.5 Å². The fourth-order valence-electron chi connectivity index (χ4n) is 3.05. The lowest BCUT2D eigenvalue weighted by molar-refractivity contribution is 0.0975. The van der Waals surface area contributed by atoms with Crippen molar-refractivity contribution in [1.82, 2.24) is 10.6 Å². The topological polar surface area (TPSA) is 106 Å². The number of aliphatic imine (C=N–C) groups is 1. The Labute approximate surface area is 182 Å². The summed E-state index contributed by atoms with van der Waals surface area (Å²) in [4.78, 5) is 17.0. The van der Waals surface area contributed by atoms with Crippen LogP contribution >= 0.6 is 11.6 Å². The molecule has 31 heavy (non-hydrogen) atoms. The van der Waals surface area contributed by atoms with Gasteiger partial charge < -0.3 is 16.8 Å². The molecule has 1 aliphatic rings. The summed E-state index contributed by atoms with van der Waals surface area (Å²) in [6, 6.07) is 6.00. The summed E-state index contributed by atoms with van der Waals surface area (Å²) in [5.74, 6) is -2.66. The molecule has 0 aromatic heterocycles. The Balaban J connectivity index is 1.68. The number of hydrogen-bond donors (Lipinski definition) is 4. The molecule has 166 valence electrons. The molecular weight excluding hydrogens is 431 g/mol. The van der Waals surface area contributed by atoms with Crippen LogP contribution in [0.3, 0.4) is 0 Å². The fraction of sp³-hybridized carbons (Fsp3) is 0.333. The van der Waals surface area contributed by atoms with Crippen molar-refractivity contribution in [1.29, 1.82) is 0 Å². The maximum Gasteiger partial charge on any atom is 0.258 e. The molecule has 2 aromatic rings. The molecule has 2 aromatic carbocycles. The highest BCUT2D eigenvalue weighted by Crippen LogP contribution is 2.22. The Morgan fingerprint density at radius 1 is 1.13 bits per heavy atom. The van der Waals surface area contributed by atoms with Crippen LogP contribution in [0.2, 0.25) is 5.02 Å². The average molecular weight is 454 g/mol. The second-order valence-electron chi connectivity index (χ2n) is 7.44. The number of carbonyl (C=O) groups excluding carboxylic acids is 1. The maximum absolute atomic E-state index is 13.7. The lowest BCUT2D eigenvalue weighted by Gasteiger charge is -2.25. The molecule has 2 atom stereocenters. The van der Waals surface area contributed by atoms with Crippen LogP contribution in [-0.2, 0) is 0 Å². The molecule has 10 heteroatoms. The van der Waals surface area contributed by atoms with Gasteiger partial charge in [0.15, 0.2) is 5.96 Å². The number of nitrogens with two attached hydrogens (primary N) is 2. The van der Waals surface area contributed by atoms with Crippen molar-refractivity contribution >= 4 is 23.5 Å². The van der Waals surface area contributed by atoms with Gasteiger partial charge in [0, 0.05) is 17.7 Å². The third kappa shape index (κ3) is 6.43. The van der Waals surface area contributed by atoms with Gasteiger partial charge in [0.2, 0.25) is 0 Å². The number of rotatable bonds is 6. The second kappa shape index (κ2) is 10.1. The molecule has 0 radical (unpaired) electrons. The first-order valence-electron chi connectivity index (χ1n) is 9.79. The standard InChI is InChI=1S/C21H23ClF3N5O/c22-16-5-4-11(8-17(16)25)20(31)30-21(28-15-2-1-3-15)29-19(27)10-18(26)12-6-13(23)9-14(24)7-12/h4-9,15,18-19H,1-3,10,26-27H2,(H2,28,29,30,31). The number of guanidine groups is 1. The summed E-state index contributed by atoms with van der Waals surface area (Å²) in [6.07, 6.45) is 2.10. The van der Waals surface area contributed by atoms with Gasteiger partial charge in [-0.05, 0) is 61.6 Å².